The van der Waals surface area contributed by atoms with Crippen molar-refractivity contribution in [2.75, 3.05) is 18.9 Å². The standard InChI is InChI=1S/C21H17F2N3O2/c1-26-11-14(12-7-8-16-13(10-12)4-3-9-24-16)18(21(26)28)20(27)25-17-6-2-5-15(22)19(17)23/h2-10,14,18H,11H2,1H3,(H,25,27)/t14-,18+/m1/s1. The molecule has 142 valence electrons. The zero-order valence-corrected chi connectivity index (χ0v) is 15.0. The summed E-state index contributed by atoms with van der Waals surface area (Å²) >= 11 is 0. The summed E-state index contributed by atoms with van der Waals surface area (Å²) in [4.78, 5) is 31.2. The number of amides is 2. The summed E-state index contributed by atoms with van der Waals surface area (Å²) in [5.74, 6) is -4.66. The van der Waals surface area contributed by atoms with Crippen LogP contribution in [-0.2, 0) is 9.59 Å². The van der Waals surface area contributed by atoms with E-state index in [1.165, 1.54) is 17.0 Å². The number of halogens is 2. The third kappa shape index (κ3) is 3.09. The molecule has 0 unspecified atom stereocenters. The zero-order valence-electron chi connectivity index (χ0n) is 15.0. The molecule has 0 spiro atoms. The molecule has 1 N–H and O–H groups in total. The monoisotopic (exact) mass is 381 g/mol. The van der Waals surface area contributed by atoms with Gasteiger partial charge in [-0.15, -0.1) is 0 Å². The molecule has 7 heteroatoms. The second-order valence-corrected chi connectivity index (χ2v) is 6.85. The van der Waals surface area contributed by atoms with E-state index in [2.05, 4.69) is 10.3 Å². The highest BCUT2D eigenvalue weighted by atomic mass is 19.2. The van der Waals surface area contributed by atoms with Crippen LogP contribution in [0.2, 0.25) is 0 Å². The Morgan fingerprint density at radius 3 is 2.82 bits per heavy atom. The van der Waals surface area contributed by atoms with Crippen LogP contribution in [0, 0.1) is 17.6 Å². The van der Waals surface area contributed by atoms with Crippen LogP contribution in [0.3, 0.4) is 0 Å². The van der Waals surface area contributed by atoms with Crippen molar-refractivity contribution in [2.45, 2.75) is 5.92 Å². The third-order valence-corrected chi connectivity index (χ3v) is 5.06. The Balaban J connectivity index is 1.67. The van der Waals surface area contributed by atoms with Crippen molar-refractivity contribution in [3.05, 3.63) is 71.9 Å². The highest BCUT2D eigenvalue weighted by Gasteiger charge is 2.44. The molecule has 0 bridgehead atoms. The van der Waals surface area contributed by atoms with Gasteiger partial charge in [-0.2, -0.15) is 0 Å². The van der Waals surface area contributed by atoms with E-state index >= 15 is 0 Å². The minimum atomic E-state index is -1.15. The first-order chi connectivity index (χ1) is 13.5. The fraction of sp³-hybridized carbons (Fsp3) is 0.190. The highest BCUT2D eigenvalue weighted by Crippen LogP contribution is 2.35. The predicted octanol–water partition coefficient (Wildman–Crippen LogP) is 3.32. The summed E-state index contributed by atoms with van der Waals surface area (Å²) in [7, 11) is 1.62. The smallest absolute Gasteiger partial charge is 0.237 e. The number of rotatable bonds is 3. The molecule has 4 rings (SSSR count). The number of pyridine rings is 1. The van der Waals surface area contributed by atoms with E-state index < -0.39 is 29.4 Å². The Morgan fingerprint density at radius 2 is 2.00 bits per heavy atom. The van der Waals surface area contributed by atoms with Crippen LogP contribution in [-0.4, -0.2) is 35.3 Å². The Kier molecular flexibility index (Phi) is 4.50. The number of benzene rings is 2. The number of hydrogen-bond donors (Lipinski definition) is 1. The van der Waals surface area contributed by atoms with Crippen molar-refractivity contribution in [1.82, 2.24) is 9.88 Å². The lowest BCUT2D eigenvalue weighted by Gasteiger charge is -2.17. The lowest BCUT2D eigenvalue weighted by Crippen LogP contribution is -2.33. The van der Waals surface area contributed by atoms with Gasteiger partial charge in [0.15, 0.2) is 11.6 Å². The summed E-state index contributed by atoms with van der Waals surface area (Å²) in [5.41, 5.74) is 1.35. The van der Waals surface area contributed by atoms with Crippen LogP contribution in [0.25, 0.3) is 10.9 Å². The van der Waals surface area contributed by atoms with Gasteiger partial charge in [-0.1, -0.05) is 18.2 Å². The van der Waals surface area contributed by atoms with Crippen molar-refractivity contribution in [1.29, 1.82) is 0 Å². The van der Waals surface area contributed by atoms with Gasteiger partial charge >= 0.3 is 0 Å². The Morgan fingerprint density at radius 1 is 1.18 bits per heavy atom. The average Bonchev–Trinajstić information content (AvgIpc) is 3.00. The van der Waals surface area contributed by atoms with E-state index in [9.17, 15) is 18.4 Å². The number of likely N-dealkylation sites (tertiary alicyclic amines) is 1. The Bertz CT molecular complexity index is 1090. The molecular formula is C21H17F2N3O2. The number of hydrogen-bond acceptors (Lipinski definition) is 3. The van der Waals surface area contributed by atoms with Crippen molar-refractivity contribution < 1.29 is 18.4 Å². The Labute approximate surface area is 160 Å². The van der Waals surface area contributed by atoms with Gasteiger partial charge in [-0.25, -0.2) is 8.78 Å². The second-order valence-electron chi connectivity index (χ2n) is 6.85. The van der Waals surface area contributed by atoms with Gasteiger partial charge in [-0.05, 0) is 35.9 Å². The Hall–Kier alpha value is -3.35. The van der Waals surface area contributed by atoms with Crippen LogP contribution in [0.1, 0.15) is 11.5 Å². The van der Waals surface area contributed by atoms with Crippen LogP contribution in [0.4, 0.5) is 14.5 Å². The third-order valence-electron chi connectivity index (χ3n) is 5.06. The van der Waals surface area contributed by atoms with E-state index in [1.54, 1.807) is 13.2 Å². The first-order valence-corrected chi connectivity index (χ1v) is 8.80. The van der Waals surface area contributed by atoms with Crippen molar-refractivity contribution in [3.63, 3.8) is 0 Å². The molecule has 1 aromatic heterocycles. The fourth-order valence-corrected chi connectivity index (χ4v) is 3.63. The number of nitrogens with zero attached hydrogens (tertiary/aromatic N) is 2. The van der Waals surface area contributed by atoms with Gasteiger partial charge < -0.3 is 10.2 Å². The summed E-state index contributed by atoms with van der Waals surface area (Å²) in [6, 6.07) is 12.8. The molecule has 2 heterocycles. The lowest BCUT2D eigenvalue weighted by molar-refractivity contribution is -0.135. The minimum absolute atomic E-state index is 0.284. The van der Waals surface area contributed by atoms with Gasteiger partial charge in [0.1, 0.15) is 5.92 Å². The van der Waals surface area contributed by atoms with E-state index in [4.69, 9.17) is 0 Å². The maximum atomic E-state index is 13.9. The number of carbonyl (C=O) groups excluding carboxylic acids is 2. The summed E-state index contributed by atoms with van der Waals surface area (Å²) in [5, 5.41) is 3.27. The molecule has 2 amide bonds. The van der Waals surface area contributed by atoms with Gasteiger partial charge in [-0.3, -0.25) is 14.6 Å². The molecule has 1 aliphatic rings. The zero-order chi connectivity index (χ0) is 19.8. The second kappa shape index (κ2) is 6.99. The summed E-state index contributed by atoms with van der Waals surface area (Å²) in [6.07, 6.45) is 1.69. The molecule has 0 saturated carbocycles. The number of fused-ring (bicyclic) bond motifs is 1. The van der Waals surface area contributed by atoms with Gasteiger partial charge in [0.25, 0.3) is 0 Å². The molecule has 3 aromatic rings. The lowest BCUT2D eigenvalue weighted by atomic mass is 9.87. The predicted molar refractivity (Wildman–Crippen MR) is 101 cm³/mol. The number of aromatic nitrogens is 1. The number of anilines is 1. The number of nitrogens with one attached hydrogen (secondary N) is 1. The SMILES string of the molecule is CN1C[C@H](c2ccc3ncccc3c2)[C@@H](C(=O)Nc2cccc(F)c2F)C1=O. The van der Waals surface area contributed by atoms with Gasteiger partial charge in [0.05, 0.1) is 11.2 Å². The van der Waals surface area contributed by atoms with Crippen molar-refractivity contribution in [2.24, 2.45) is 5.92 Å². The summed E-state index contributed by atoms with van der Waals surface area (Å²) in [6.45, 7) is 0.355. The maximum absolute atomic E-state index is 13.9. The first-order valence-electron chi connectivity index (χ1n) is 8.80. The van der Waals surface area contributed by atoms with Crippen LogP contribution >= 0.6 is 0 Å². The quantitative estimate of drug-likeness (QED) is 0.708. The molecular weight excluding hydrogens is 364 g/mol. The summed E-state index contributed by atoms with van der Waals surface area (Å²) < 4.78 is 27.4. The number of likely N-dealkylation sites (N-methyl/N-ethyl adjacent to an activating group) is 1. The fourth-order valence-electron chi connectivity index (χ4n) is 3.63. The first kappa shape index (κ1) is 18.0. The molecule has 28 heavy (non-hydrogen) atoms. The highest BCUT2D eigenvalue weighted by molar-refractivity contribution is 6.08. The van der Waals surface area contributed by atoms with E-state index in [-0.39, 0.29) is 11.6 Å². The minimum Gasteiger partial charge on any atom is -0.344 e. The van der Waals surface area contributed by atoms with E-state index in [1.807, 2.05) is 30.3 Å². The van der Waals surface area contributed by atoms with Crippen molar-refractivity contribution in [3.8, 4) is 0 Å². The van der Waals surface area contributed by atoms with Crippen molar-refractivity contribution >= 4 is 28.4 Å². The normalized spacial score (nSPS) is 19.2. The molecule has 1 saturated heterocycles. The maximum Gasteiger partial charge on any atom is 0.237 e. The van der Waals surface area contributed by atoms with Crippen LogP contribution in [0.15, 0.2) is 54.7 Å². The van der Waals surface area contributed by atoms with Gasteiger partial charge in [0, 0.05) is 31.1 Å². The number of carbonyl (C=O) groups is 2. The molecule has 5 nitrogen and oxygen atoms in total. The molecule has 0 radical (unpaired) electrons. The van der Waals surface area contributed by atoms with Crippen LogP contribution in [0.5, 0.6) is 0 Å². The van der Waals surface area contributed by atoms with E-state index in [0.29, 0.717) is 6.54 Å². The molecule has 2 atom stereocenters. The van der Waals surface area contributed by atoms with Gasteiger partial charge in [0.2, 0.25) is 11.8 Å². The molecule has 1 fully saturated rings. The average molecular weight is 381 g/mol. The topological polar surface area (TPSA) is 62.3 Å². The largest absolute Gasteiger partial charge is 0.344 e. The van der Waals surface area contributed by atoms with E-state index in [0.717, 1.165) is 22.5 Å². The molecule has 0 aliphatic carbocycles. The molecule has 1 aliphatic heterocycles. The van der Waals surface area contributed by atoms with Crippen LogP contribution < -0.4 is 5.32 Å². The molecule has 2 aromatic carbocycles.